The molecule has 0 saturated heterocycles. The van der Waals surface area contributed by atoms with Crippen molar-refractivity contribution < 1.29 is 50.0 Å². The van der Waals surface area contributed by atoms with Crippen LogP contribution < -0.4 is 0 Å². The molecule has 0 N–H and O–H groups in total. The molecule has 6 heteroatoms. The molecular formula is FeMgNiO3. The van der Waals surface area contributed by atoms with Gasteiger partial charge in [-0.3, -0.25) is 0 Å². The molecule has 3 nitrogen and oxygen atoms in total. The van der Waals surface area contributed by atoms with Gasteiger partial charge in [0.25, 0.3) is 0 Å². The Morgan fingerprint density at radius 3 is 0.667 bits per heavy atom. The zero-order valence-corrected chi connectivity index (χ0v) is 6.11. The fourth-order valence-electron chi connectivity index (χ4n) is 0. The minimum Gasteiger partial charge on any atom is -2.00 e. The van der Waals surface area contributed by atoms with Crippen molar-refractivity contribution >= 4 is 23.1 Å². The fraction of sp³-hybridized carbons (Fsp3) is 0. The Kier molecular flexibility index (Phi) is 1590. The first-order chi connectivity index (χ1) is 0. The second kappa shape index (κ2) is 77.5. The maximum atomic E-state index is 0. The predicted molar refractivity (Wildman–Crippen MR) is 7.81 cm³/mol. The molecule has 6 heavy (non-hydrogen) atoms. The number of hydrogen-bond donors (Lipinski definition) is 0. The first-order valence-electron chi connectivity index (χ1n) is 0. The third-order valence-electron chi connectivity index (χ3n) is 0. The van der Waals surface area contributed by atoms with Gasteiger partial charge in [0.15, 0.2) is 0 Å². The second-order valence-electron chi connectivity index (χ2n) is 0. The van der Waals surface area contributed by atoms with E-state index in [-0.39, 0.29) is 73.0 Å². The van der Waals surface area contributed by atoms with Crippen molar-refractivity contribution in [3.8, 4) is 0 Å². The number of rotatable bonds is 0. The molecule has 0 aliphatic heterocycles. The van der Waals surface area contributed by atoms with E-state index in [1.165, 1.54) is 0 Å². The van der Waals surface area contributed by atoms with Gasteiger partial charge in [0.1, 0.15) is 0 Å². The first kappa shape index (κ1) is 123. The van der Waals surface area contributed by atoms with Crippen molar-refractivity contribution in [2.24, 2.45) is 0 Å². The molecule has 0 aliphatic rings. The fourth-order valence-corrected chi connectivity index (χ4v) is 0. The molecule has 0 fully saturated rings. The van der Waals surface area contributed by atoms with Gasteiger partial charge in [0.05, 0.1) is 0 Å². The van der Waals surface area contributed by atoms with Gasteiger partial charge in [0, 0.05) is 0 Å². The Bertz CT molecular complexity index is 10.8. The second-order valence-corrected chi connectivity index (χ2v) is 0. The Morgan fingerprint density at radius 2 is 0.667 bits per heavy atom. The molecule has 0 aromatic heterocycles. The Hall–Kier alpha value is 1.66. The van der Waals surface area contributed by atoms with E-state index in [2.05, 4.69) is 0 Å². The maximum Gasteiger partial charge on any atom is 2.00 e. The summed E-state index contributed by atoms with van der Waals surface area (Å²) >= 11 is 0. The van der Waals surface area contributed by atoms with E-state index in [9.17, 15) is 0 Å². The van der Waals surface area contributed by atoms with Gasteiger partial charge >= 0.3 is 56.6 Å². The largest absolute Gasteiger partial charge is 2.00 e. The first-order valence-corrected chi connectivity index (χ1v) is 0. The number of hydrogen-bond acceptors (Lipinski definition) is 0. The average Bonchev–Trinajstić information content (AvgIpc) is 0. The van der Waals surface area contributed by atoms with Crippen LogP contribution in [0.1, 0.15) is 0 Å². The van der Waals surface area contributed by atoms with E-state index in [0.717, 1.165) is 0 Å². The van der Waals surface area contributed by atoms with Crippen molar-refractivity contribution in [2.75, 3.05) is 0 Å². The SMILES string of the molecule is [Fe+2].[Mg+2].[Ni+2].[O-2].[O-2].[O-2]. The quantitative estimate of drug-likeness (QED) is 0.447. The van der Waals surface area contributed by atoms with Gasteiger partial charge in [-0.25, -0.2) is 0 Å². The maximum absolute atomic E-state index is 0. The van der Waals surface area contributed by atoms with Crippen LogP contribution in [-0.2, 0) is 50.0 Å². The molecule has 0 heterocycles. The van der Waals surface area contributed by atoms with Crippen molar-refractivity contribution in [3.05, 3.63) is 0 Å². The summed E-state index contributed by atoms with van der Waals surface area (Å²) in [6.45, 7) is 0. The van der Waals surface area contributed by atoms with Gasteiger partial charge < -0.3 is 16.4 Å². The van der Waals surface area contributed by atoms with Crippen molar-refractivity contribution in [3.63, 3.8) is 0 Å². The van der Waals surface area contributed by atoms with E-state index < -0.39 is 0 Å². The molecule has 0 radical (unpaired) electrons. The molecule has 0 bridgehead atoms. The minimum atomic E-state index is 0. The Morgan fingerprint density at radius 1 is 0.667 bits per heavy atom. The molecule has 0 aromatic carbocycles. The van der Waals surface area contributed by atoms with Gasteiger partial charge in [-0.2, -0.15) is 0 Å². The summed E-state index contributed by atoms with van der Waals surface area (Å²) in [6, 6.07) is 0. The standard InChI is InChI=1S/Fe.Mg.Ni.3O/q3*+2;3*-2. The topological polar surface area (TPSA) is 85.5 Å². The van der Waals surface area contributed by atoms with Gasteiger partial charge in [-0.1, -0.05) is 0 Å². The molecule has 38 valence electrons. The normalized spacial score (nSPS) is 0. The molecule has 0 saturated carbocycles. The molecule has 0 unspecified atom stereocenters. The van der Waals surface area contributed by atoms with Crippen LogP contribution in [-0.4, -0.2) is 23.1 Å². The van der Waals surface area contributed by atoms with E-state index >= 15 is 0 Å². The van der Waals surface area contributed by atoms with Crippen molar-refractivity contribution in [1.82, 2.24) is 0 Å². The summed E-state index contributed by atoms with van der Waals surface area (Å²) in [6.07, 6.45) is 0. The summed E-state index contributed by atoms with van der Waals surface area (Å²) in [5, 5.41) is 0. The summed E-state index contributed by atoms with van der Waals surface area (Å²) in [5.74, 6) is 0. The van der Waals surface area contributed by atoms with E-state index in [4.69, 9.17) is 0 Å². The van der Waals surface area contributed by atoms with E-state index in [1.54, 1.807) is 0 Å². The summed E-state index contributed by atoms with van der Waals surface area (Å²) in [5.41, 5.74) is 0. The summed E-state index contributed by atoms with van der Waals surface area (Å²) in [4.78, 5) is 0. The molecule has 0 aromatic rings. The van der Waals surface area contributed by atoms with Crippen LogP contribution in [0.4, 0.5) is 0 Å². The Labute approximate surface area is 72.7 Å². The summed E-state index contributed by atoms with van der Waals surface area (Å²) in [7, 11) is 0. The van der Waals surface area contributed by atoms with Crippen LogP contribution >= 0.6 is 0 Å². The average molecular weight is 187 g/mol. The zero-order chi connectivity index (χ0) is 0. The van der Waals surface area contributed by atoms with Crippen LogP contribution in [0, 0.1) is 0 Å². The smallest absolute Gasteiger partial charge is 2.00 e. The van der Waals surface area contributed by atoms with Gasteiger partial charge in [-0.05, 0) is 0 Å². The molecule has 0 spiro atoms. The van der Waals surface area contributed by atoms with E-state index in [0.29, 0.717) is 0 Å². The van der Waals surface area contributed by atoms with Crippen LogP contribution in [0.3, 0.4) is 0 Å². The van der Waals surface area contributed by atoms with Crippen molar-refractivity contribution in [1.29, 1.82) is 0 Å². The van der Waals surface area contributed by atoms with Gasteiger partial charge in [-0.15, -0.1) is 0 Å². The van der Waals surface area contributed by atoms with Crippen LogP contribution in [0.2, 0.25) is 0 Å². The van der Waals surface area contributed by atoms with Crippen LogP contribution in [0.25, 0.3) is 0 Å². The predicted octanol–water partition coefficient (Wildman–Crippen LogP) is -0.742. The monoisotopic (exact) mass is 186 g/mol. The third-order valence-corrected chi connectivity index (χ3v) is 0. The van der Waals surface area contributed by atoms with Crippen LogP contribution in [0.15, 0.2) is 0 Å². The molecule has 0 atom stereocenters. The third kappa shape index (κ3) is 44.6. The molecule has 0 amide bonds. The van der Waals surface area contributed by atoms with Crippen molar-refractivity contribution in [2.45, 2.75) is 0 Å². The van der Waals surface area contributed by atoms with Gasteiger partial charge in [0.2, 0.25) is 0 Å². The minimum absolute atomic E-state index is 0. The molecular weight excluding hydrogens is 187 g/mol. The van der Waals surface area contributed by atoms with Crippen LogP contribution in [0.5, 0.6) is 0 Å². The molecule has 0 aliphatic carbocycles. The Balaban J connectivity index is 0. The zero-order valence-electron chi connectivity index (χ0n) is 2.60. The molecule has 0 rings (SSSR count). The summed E-state index contributed by atoms with van der Waals surface area (Å²) < 4.78 is 0. The van der Waals surface area contributed by atoms with E-state index in [1.807, 2.05) is 0 Å².